The van der Waals surface area contributed by atoms with Crippen LogP contribution in [0.4, 0.5) is 0 Å². The summed E-state index contributed by atoms with van der Waals surface area (Å²) in [5, 5.41) is 5.24. The zero-order valence-corrected chi connectivity index (χ0v) is 24.4. The van der Waals surface area contributed by atoms with Gasteiger partial charge in [-0.15, -0.1) is 0 Å². The van der Waals surface area contributed by atoms with Crippen molar-refractivity contribution >= 4 is 46.5 Å². The third-order valence-corrected chi connectivity index (χ3v) is 6.64. The van der Waals surface area contributed by atoms with Crippen molar-refractivity contribution in [3.8, 4) is 0 Å². The van der Waals surface area contributed by atoms with Gasteiger partial charge in [-0.2, -0.15) is 0 Å². The van der Waals surface area contributed by atoms with Crippen molar-refractivity contribution in [3.63, 3.8) is 0 Å². The van der Waals surface area contributed by atoms with E-state index < -0.39 is 23.9 Å². The van der Waals surface area contributed by atoms with Crippen LogP contribution in [0.15, 0.2) is 0 Å². The monoisotopic (exact) mass is 550 g/mol. The molecule has 0 aromatic carbocycles. The van der Waals surface area contributed by atoms with Crippen molar-refractivity contribution in [1.82, 2.24) is 10.6 Å². The Morgan fingerprint density at radius 1 is 0.564 bits per heavy atom. The van der Waals surface area contributed by atoms with Crippen LogP contribution in [0.25, 0.3) is 0 Å². The molecule has 0 heterocycles. The predicted molar refractivity (Wildman–Crippen MR) is 146 cm³/mol. The quantitative estimate of drug-likeness (QED) is 0.195. The molecule has 220 valence electrons. The van der Waals surface area contributed by atoms with Crippen molar-refractivity contribution in [1.29, 1.82) is 0 Å². The first-order valence-corrected chi connectivity index (χ1v) is 13.8. The van der Waals surface area contributed by atoms with Gasteiger partial charge >= 0.3 is 0 Å². The summed E-state index contributed by atoms with van der Waals surface area (Å²) >= 11 is 0. The highest BCUT2D eigenvalue weighted by Crippen LogP contribution is 2.16. The van der Waals surface area contributed by atoms with E-state index in [1.807, 2.05) is 13.8 Å². The van der Waals surface area contributed by atoms with Crippen molar-refractivity contribution in [2.75, 3.05) is 0 Å². The van der Waals surface area contributed by atoms with E-state index in [1.54, 1.807) is 0 Å². The molecule has 2 amide bonds. The van der Waals surface area contributed by atoms with Crippen LogP contribution in [0.2, 0.25) is 0 Å². The smallest absolute Gasteiger partial charge is 0.220 e. The maximum Gasteiger partial charge on any atom is 0.220 e. The fourth-order valence-electron chi connectivity index (χ4n) is 3.94. The number of hydrogen-bond donors (Lipinski definition) is 2. The molecule has 0 bridgehead atoms. The van der Waals surface area contributed by atoms with E-state index in [0.717, 1.165) is 0 Å². The Bertz CT molecular complexity index is 909. The number of carbonyl (C=O) groups is 8. The molecular formula is C29H46N2O8. The molecule has 0 radical (unpaired) electrons. The van der Waals surface area contributed by atoms with E-state index in [0.29, 0.717) is 19.3 Å². The molecule has 0 saturated carbocycles. The van der Waals surface area contributed by atoms with Gasteiger partial charge in [0.1, 0.15) is 23.1 Å². The van der Waals surface area contributed by atoms with E-state index in [1.165, 1.54) is 27.7 Å². The van der Waals surface area contributed by atoms with Gasteiger partial charge in [0.25, 0.3) is 0 Å². The van der Waals surface area contributed by atoms with Crippen LogP contribution < -0.4 is 10.6 Å². The van der Waals surface area contributed by atoms with E-state index >= 15 is 0 Å². The average Bonchev–Trinajstić information content (AvgIpc) is 2.83. The molecule has 0 aromatic rings. The van der Waals surface area contributed by atoms with Crippen molar-refractivity contribution in [2.24, 2.45) is 11.8 Å². The van der Waals surface area contributed by atoms with Crippen LogP contribution in [0.1, 0.15) is 112 Å². The Morgan fingerprint density at radius 3 is 1.51 bits per heavy atom. The number of Topliss-reactive ketones (excluding diaryl/α,β-unsaturated/α-hetero) is 6. The molecule has 0 aliphatic rings. The summed E-state index contributed by atoms with van der Waals surface area (Å²) in [7, 11) is 0. The minimum Gasteiger partial charge on any atom is -0.346 e. The van der Waals surface area contributed by atoms with Gasteiger partial charge in [-0.1, -0.05) is 13.8 Å². The van der Waals surface area contributed by atoms with Gasteiger partial charge in [0.05, 0.1) is 12.1 Å². The molecule has 0 rings (SSSR count). The number of unbranched alkanes of at least 4 members (excludes halogenated alkanes) is 1. The minimum atomic E-state index is -0.821. The fourth-order valence-corrected chi connectivity index (χ4v) is 3.94. The molecule has 0 spiro atoms. The van der Waals surface area contributed by atoms with Crippen molar-refractivity contribution < 1.29 is 38.4 Å². The van der Waals surface area contributed by atoms with Gasteiger partial charge in [0.2, 0.25) is 11.8 Å². The lowest BCUT2D eigenvalue weighted by atomic mass is 9.91. The Labute approximate surface area is 231 Å². The first-order valence-electron chi connectivity index (χ1n) is 13.8. The van der Waals surface area contributed by atoms with Gasteiger partial charge in [-0.25, -0.2) is 0 Å². The summed E-state index contributed by atoms with van der Waals surface area (Å²) in [6.07, 6.45) is 2.12. The molecule has 39 heavy (non-hydrogen) atoms. The molecule has 0 aliphatic heterocycles. The van der Waals surface area contributed by atoms with Crippen LogP contribution in [0.3, 0.4) is 0 Å². The second-order valence-electron chi connectivity index (χ2n) is 10.7. The molecule has 3 atom stereocenters. The highest BCUT2D eigenvalue weighted by Gasteiger charge is 2.24. The maximum absolute atomic E-state index is 12.6. The van der Waals surface area contributed by atoms with Crippen LogP contribution >= 0.6 is 0 Å². The number of rotatable bonds is 22. The van der Waals surface area contributed by atoms with Gasteiger partial charge in [0, 0.05) is 50.4 Å². The topological polar surface area (TPSA) is 161 Å². The normalized spacial score (nSPS) is 13.2. The van der Waals surface area contributed by atoms with E-state index in [9.17, 15) is 38.4 Å². The Hall–Kier alpha value is -3.04. The number of carbonyl (C=O) groups excluding carboxylic acids is 8. The second kappa shape index (κ2) is 19.1. The molecule has 2 N–H and O–H groups in total. The van der Waals surface area contributed by atoms with Gasteiger partial charge < -0.3 is 15.4 Å². The van der Waals surface area contributed by atoms with Crippen LogP contribution in [-0.4, -0.2) is 58.6 Å². The van der Waals surface area contributed by atoms with Crippen LogP contribution in [0.5, 0.6) is 0 Å². The van der Waals surface area contributed by atoms with E-state index in [4.69, 9.17) is 0 Å². The fraction of sp³-hybridized carbons (Fsp3) is 0.724. The molecular weight excluding hydrogens is 504 g/mol. The highest BCUT2D eigenvalue weighted by atomic mass is 16.2. The van der Waals surface area contributed by atoms with Gasteiger partial charge in [-0.3, -0.25) is 33.6 Å². The summed E-state index contributed by atoms with van der Waals surface area (Å²) < 4.78 is 0. The Balaban J connectivity index is 4.69. The van der Waals surface area contributed by atoms with Crippen LogP contribution in [0, 0.1) is 11.8 Å². The average molecular weight is 551 g/mol. The third-order valence-electron chi connectivity index (χ3n) is 6.64. The molecule has 0 saturated heterocycles. The lowest BCUT2D eigenvalue weighted by Crippen LogP contribution is -2.40. The lowest BCUT2D eigenvalue weighted by Gasteiger charge is -2.18. The van der Waals surface area contributed by atoms with E-state index in [-0.39, 0.29) is 97.9 Å². The highest BCUT2D eigenvalue weighted by molar-refractivity contribution is 5.91. The third kappa shape index (κ3) is 17.2. The Kier molecular flexibility index (Phi) is 17.6. The molecule has 0 unspecified atom stereocenters. The zero-order valence-electron chi connectivity index (χ0n) is 24.4. The second-order valence-corrected chi connectivity index (χ2v) is 10.7. The summed E-state index contributed by atoms with van der Waals surface area (Å²) in [4.78, 5) is 95.8. The van der Waals surface area contributed by atoms with Gasteiger partial charge in [0.15, 0.2) is 11.6 Å². The number of ketones is 6. The summed E-state index contributed by atoms with van der Waals surface area (Å²) in [6, 6.07) is -1.60. The molecule has 0 fully saturated rings. The Morgan fingerprint density at radius 2 is 1.05 bits per heavy atom. The lowest BCUT2D eigenvalue weighted by molar-refractivity contribution is -0.130. The summed E-state index contributed by atoms with van der Waals surface area (Å²) in [5.41, 5.74) is 0. The zero-order chi connectivity index (χ0) is 30.1. The number of hydrogen-bond acceptors (Lipinski definition) is 8. The standard InChI is InChI=1S/C29H46N2O8/c1-18(2)27(37)9-7-8-10-28(38)30-26(22(6)35)15-13-24(36)17-23(20(4)33)12-16-29(39)31-25(21(5)34)14-11-19(3)32/h18,23,25-26H,7-17H2,1-6H3,(H,30,38)(H,31,39)/t23-,25+,26+/m1/s1. The van der Waals surface area contributed by atoms with Crippen molar-refractivity contribution in [3.05, 3.63) is 0 Å². The first-order chi connectivity index (χ1) is 18.1. The SMILES string of the molecule is CC(=O)CC[C@H](NC(=O)CC[C@H](CC(=O)CC[C@H](NC(=O)CCCCC(=O)C(C)C)C(C)=O)C(C)=O)C(C)=O. The largest absolute Gasteiger partial charge is 0.346 e. The molecule has 10 nitrogen and oxygen atoms in total. The van der Waals surface area contributed by atoms with E-state index in [2.05, 4.69) is 10.6 Å². The van der Waals surface area contributed by atoms with Crippen molar-refractivity contribution in [2.45, 2.75) is 124 Å². The summed E-state index contributed by atoms with van der Waals surface area (Å²) in [6.45, 7) is 9.06. The number of nitrogens with one attached hydrogen (secondary N) is 2. The maximum atomic E-state index is 12.6. The molecule has 0 aliphatic carbocycles. The van der Waals surface area contributed by atoms with Crippen LogP contribution in [-0.2, 0) is 38.4 Å². The predicted octanol–water partition coefficient (Wildman–Crippen LogP) is 3.01. The number of amides is 2. The molecule has 10 heteroatoms. The molecule has 0 aromatic heterocycles. The minimum absolute atomic E-state index is 0.0130. The van der Waals surface area contributed by atoms with Gasteiger partial charge in [-0.05, 0) is 59.8 Å². The first kappa shape index (κ1) is 36.0. The summed E-state index contributed by atoms with van der Waals surface area (Å²) in [5.74, 6) is -2.49.